The largest absolute Gasteiger partial charge is 0.508 e. The quantitative estimate of drug-likeness (QED) is 0.888. The van der Waals surface area contributed by atoms with Gasteiger partial charge in [0.15, 0.2) is 0 Å². The van der Waals surface area contributed by atoms with Gasteiger partial charge in [0.05, 0.1) is 12.8 Å². The van der Waals surface area contributed by atoms with Crippen molar-refractivity contribution >= 4 is 11.6 Å². The van der Waals surface area contributed by atoms with Gasteiger partial charge in [0.25, 0.3) is 5.91 Å². The highest BCUT2D eigenvalue weighted by molar-refractivity contribution is 6.06. The number of hydrogen-bond donors (Lipinski definition) is 2. The van der Waals surface area contributed by atoms with E-state index in [1.807, 2.05) is 12.1 Å². The Kier molecular flexibility index (Phi) is 3.71. The zero-order chi connectivity index (χ0) is 13.8. The van der Waals surface area contributed by atoms with Gasteiger partial charge in [-0.15, -0.1) is 0 Å². The lowest BCUT2D eigenvalue weighted by molar-refractivity contribution is 0.102. The molecule has 2 N–H and O–H groups in total. The second-order valence-corrected chi connectivity index (χ2v) is 4.10. The van der Waals surface area contributed by atoms with Crippen molar-refractivity contribution in [3.05, 3.63) is 53.6 Å². The van der Waals surface area contributed by atoms with Crippen LogP contribution in [0.5, 0.6) is 11.5 Å². The number of anilines is 1. The van der Waals surface area contributed by atoms with Crippen LogP contribution >= 0.6 is 0 Å². The minimum absolute atomic E-state index is 0.104. The highest BCUT2D eigenvalue weighted by Crippen LogP contribution is 2.25. The Labute approximate surface area is 111 Å². The molecule has 2 aromatic rings. The summed E-state index contributed by atoms with van der Waals surface area (Å²) in [6.45, 7) is 1.70. The topological polar surface area (TPSA) is 58.6 Å². The third kappa shape index (κ3) is 2.68. The zero-order valence-corrected chi connectivity index (χ0v) is 10.8. The summed E-state index contributed by atoms with van der Waals surface area (Å²) in [6.07, 6.45) is 0. The van der Waals surface area contributed by atoms with Crippen molar-refractivity contribution < 1.29 is 14.6 Å². The molecule has 0 fully saturated rings. The van der Waals surface area contributed by atoms with Gasteiger partial charge in [-0.2, -0.15) is 0 Å². The number of methoxy groups -OCH3 is 1. The Balaban J connectivity index is 2.28. The van der Waals surface area contributed by atoms with Gasteiger partial charge in [-0.25, -0.2) is 0 Å². The number of benzene rings is 2. The molecule has 0 unspecified atom stereocenters. The lowest BCUT2D eigenvalue weighted by Crippen LogP contribution is -2.14. The predicted octanol–water partition coefficient (Wildman–Crippen LogP) is 2.96. The maximum atomic E-state index is 12.2. The number of phenolic OH excluding ortho intramolecular Hbond substituents is 1. The number of phenols is 1. The fourth-order valence-corrected chi connectivity index (χ4v) is 1.81. The van der Waals surface area contributed by atoms with Crippen LogP contribution < -0.4 is 10.1 Å². The van der Waals surface area contributed by atoms with E-state index in [4.69, 9.17) is 4.74 Å². The number of carbonyl (C=O) groups is 1. The highest BCUT2D eigenvalue weighted by atomic mass is 16.5. The van der Waals surface area contributed by atoms with Gasteiger partial charge in [0.1, 0.15) is 11.5 Å². The van der Waals surface area contributed by atoms with Crippen molar-refractivity contribution in [3.63, 3.8) is 0 Å². The van der Waals surface area contributed by atoms with E-state index in [0.29, 0.717) is 22.6 Å². The number of amides is 1. The van der Waals surface area contributed by atoms with E-state index in [0.717, 1.165) is 0 Å². The number of ether oxygens (including phenoxy) is 1. The molecule has 98 valence electrons. The van der Waals surface area contributed by atoms with E-state index >= 15 is 0 Å². The normalized spacial score (nSPS) is 10.0. The number of nitrogens with one attached hydrogen (secondary N) is 1. The van der Waals surface area contributed by atoms with Crippen molar-refractivity contribution in [1.29, 1.82) is 0 Å². The number of rotatable bonds is 3. The van der Waals surface area contributed by atoms with Crippen molar-refractivity contribution in [3.8, 4) is 11.5 Å². The van der Waals surface area contributed by atoms with Crippen molar-refractivity contribution in [1.82, 2.24) is 0 Å². The molecule has 0 aliphatic carbocycles. The van der Waals surface area contributed by atoms with Gasteiger partial charge >= 0.3 is 0 Å². The van der Waals surface area contributed by atoms with Crippen LogP contribution in [-0.2, 0) is 0 Å². The Morgan fingerprint density at radius 3 is 2.63 bits per heavy atom. The maximum absolute atomic E-state index is 12.2. The number of hydrogen-bond acceptors (Lipinski definition) is 3. The molecule has 0 aliphatic heterocycles. The fourth-order valence-electron chi connectivity index (χ4n) is 1.81. The lowest BCUT2D eigenvalue weighted by atomic mass is 10.1. The second kappa shape index (κ2) is 5.44. The molecule has 2 aromatic carbocycles. The molecule has 0 saturated carbocycles. The van der Waals surface area contributed by atoms with Gasteiger partial charge in [0, 0.05) is 11.1 Å². The highest BCUT2D eigenvalue weighted by Gasteiger charge is 2.13. The molecule has 2 rings (SSSR count). The molecule has 0 saturated heterocycles. The molecule has 4 nitrogen and oxygen atoms in total. The van der Waals surface area contributed by atoms with Gasteiger partial charge < -0.3 is 15.2 Å². The smallest absolute Gasteiger partial charge is 0.256 e. The monoisotopic (exact) mass is 257 g/mol. The van der Waals surface area contributed by atoms with Crippen LogP contribution in [0.3, 0.4) is 0 Å². The van der Waals surface area contributed by atoms with E-state index in [1.54, 1.807) is 44.4 Å². The first kappa shape index (κ1) is 13.0. The molecule has 0 aromatic heterocycles. The predicted molar refractivity (Wildman–Crippen MR) is 73.8 cm³/mol. The van der Waals surface area contributed by atoms with Crippen LogP contribution in [0.4, 0.5) is 5.69 Å². The average Bonchev–Trinajstić information content (AvgIpc) is 2.42. The Bertz CT molecular complexity index is 608. The van der Waals surface area contributed by atoms with Crippen LogP contribution in [0.2, 0.25) is 0 Å². The minimum atomic E-state index is -0.280. The summed E-state index contributed by atoms with van der Waals surface area (Å²) in [4.78, 5) is 12.2. The standard InChI is InChI=1S/C15H15NO3/c1-10-11(6-5-8-13(10)17)15(18)16-12-7-3-4-9-14(12)19-2/h3-9,17H,1-2H3,(H,16,18). The van der Waals surface area contributed by atoms with E-state index in [9.17, 15) is 9.90 Å². The fraction of sp³-hybridized carbons (Fsp3) is 0.133. The van der Waals surface area contributed by atoms with Crippen molar-refractivity contribution in [2.24, 2.45) is 0 Å². The molecule has 0 heterocycles. The van der Waals surface area contributed by atoms with E-state index < -0.39 is 0 Å². The van der Waals surface area contributed by atoms with Gasteiger partial charge in [-0.05, 0) is 31.2 Å². The number of carbonyl (C=O) groups excluding carboxylic acids is 1. The van der Waals surface area contributed by atoms with Crippen LogP contribution in [-0.4, -0.2) is 18.1 Å². The Hall–Kier alpha value is -2.49. The molecule has 19 heavy (non-hydrogen) atoms. The maximum Gasteiger partial charge on any atom is 0.256 e. The minimum Gasteiger partial charge on any atom is -0.508 e. The van der Waals surface area contributed by atoms with Crippen molar-refractivity contribution in [2.75, 3.05) is 12.4 Å². The molecule has 4 heteroatoms. The summed E-state index contributed by atoms with van der Waals surface area (Å²) < 4.78 is 5.17. The van der Waals surface area contributed by atoms with E-state index in [1.165, 1.54) is 0 Å². The average molecular weight is 257 g/mol. The molecule has 1 amide bonds. The molecule has 0 atom stereocenters. The second-order valence-electron chi connectivity index (χ2n) is 4.10. The summed E-state index contributed by atoms with van der Waals surface area (Å²) in [7, 11) is 1.55. The Morgan fingerprint density at radius 1 is 1.16 bits per heavy atom. The van der Waals surface area contributed by atoms with Crippen LogP contribution in [0.25, 0.3) is 0 Å². The number of para-hydroxylation sites is 2. The van der Waals surface area contributed by atoms with Crippen LogP contribution in [0.15, 0.2) is 42.5 Å². The molecule has 0 spiro atoms. The molecule has 0 radical (unpaired) electrons. The first-order valence-electron chi connectivity index (χ1n) is 5.86. The van der Waals surface area contributed by atoms with Gasteiger partial charge in [-0.1, -0.05) is 18.2 Å². The molecule has 0 aliphatic rings. The van der Waals surface area contributed by atoms with E-state index in [2.05, 4.69) is 5.32 Å². The third-order valence-electron chi connectivity index (χ3n) is 2.91. The Morgan fingerprint density at radius 2 is 1.89 bits per heavy atom. The number of aromatic hydroxyl groups is 1. The van der Waals surface area contributed by atoms with Gasteiger partial charge in [-0.3, -0.25) is 4.79 Å². The van der Waals surface area contributed by atoms with Crippen LogP contribution in [0, 0.1) is 6.92 Å². The van der Waals surface area contributed by atoms with Crippen LogP contribution in [0.1, 0.15) is 15.9 Å². The van der Waals surface area contributed by atoms with Gasteiger partial charge in [0.2, 0.25) is 0 Å². The first-order valence-corrected chi connectivity index (χ1v) is 5.86. The van der Waals surface area contributed by atoms with E-state index in [-0.39, 0.29) is 11.7 Å². The molecular formula is C15H15NO3. The SMILES string of the molecule is COc1ccccc1NC(=O)c1cccc(O)c1C. The lowest BCUT2D eigenvalue weighted by Gasteiger charge is -2.11. The first-order chi connectivity index (χ1) is 9.13. The third-order valence-corrected chi connectivity index (χ3v) is 2.91. The summed E-state index contributed by atoms with van der Waals surface area (Å²) in [5.41, 5.74) is 1.58. The summed E-state index contributed by atoms with van der Waals surface area (Å²) in [6, 6.07) is 12.0. The van der Waals surface area contributed by atoms with Crippen molar-refractivity contribution in [2.45, 2.75) is 6.92 Å². The molecule has 0 bridgehead atoms. The molecular weight excluding hydrogens is 242 g/mol. The zero-order valence-electron chi connectivity index (χ0n) is 10.8. The summed E-state index contributed by atoms with van der Waals surface area (Å²) >= 11 is 0. The summed E-state index contributed by atoms with van der Waals surface area (Å²) in [5, 5.41) is 12.4. The summed E-state index contributed by atoms with van der Waals surface area (Å²) in [5.74, 6) is 0.416.